The first-order valence-corrected chi connectivity index (χ1v) is 8.06. The number of H-pyrrole nitrogens is 1. The number of amides is 1. The molecule has 0 aliphatic carbocycles. The smallest absolute Gasteiger partial charge is 0.264 e. The minimum atomic E-state index is -0.271. The van der Waals surface area contributed by atoms with E-state index in [1.54, 1.807) is 16.9 Å². The molecule has 2 aliphatic heterocycles. The molecule has 4 rings (SSSR count). The van der Waals surface area contributed by atoms with Gasteiger partial charge in [-0.3, -0.25) is 9.59 Å². The van der Waals surface area contributed by atoms with Crippen LogP contribution in [0.4, 0.5) is 0 Å². The van der Waals surface area contributed by atoms with Gasteiger partial charge in [0.15, 0.2) is 5.82 Å². The number of nitrogens with one attached hydrogen (secondary N) is 1. The predicted molar refractivity (Wildman–Crippen MR) is 87.2 cm³/mol. The minimum absolute atomic E-state index is 0.0228. The van der Waals surface area contributed by atoms with Crippen LogP contribution in [0.2, 0.25) is 0 Å². The van der Waals surface area contributed by atoms with E-state index < -0.39 is 0 Å². The van der Waals surface area contributed by atoms with Gasteiger partial charge in [0, 0.05) is 37.7 Å². The van der Waals surface area contributed by atoms with Crippen molar-refractivity contribution >= 4 is 5.91 Å². The minimum Gasteiger partial charge on any atom is -0.338 e. The molecule has 1 spiro atoms. The fourth-order valence-corrected chi connectivity index (χ4v) is 3.94. The molecule has 8 nitrogen and oxygen atoms in total. The summed E-state index contributed by atoms with van der Waals surface area (Å²) in [5.74, 6) is 0.513. The van der Waals surface area contributed by atoms with Crippen LogP contribution in [-0.2, 0) is 0 Å². The monoisotopic (exact) mass is 328 g/mol. The molecule has 24 heavy (non-hydrogen) atoms. The highest BCUT2D eigenvalue weighted by Crippen LogP contribution is 2.39. The summed E-state index contributed by atoms with van der Waals surface area (Å²) in [5, 5.41) is 10.6. The molecule has 126 valence electrons. The van der Waals surface area contributed by atoms with E-state index in [2.05, 4.69) is 27.2 Å². The van der Waals surface area contributed by atoms with Gasteiger partial charge < -0.3 is 9.80 Å². The molecule has 2 aliphatic rings. The predicted octanol–water partition coefficient (Wildman–Crippen LogP) is 0.0417. The molecular weight excluding hydrogens is 308 g/mol. The summed E-state index contributed by atoms with van der Waals surface area (Å²) in [6.45, 7) is 5.59. The van der Waals surface area contributed by atoms with Crippen LogP contribution in [-0.4, -0.2) is 68.9 Å². The first-order chi connectivity index (χ1) is 11.5. The van der Waals surface area contributed by atoms with Crippen molar-refractivity contribution in [2.45, 2.75) is 13.3 Å². The number of aromatic nitrogens is 4. The first kappa shape index (κ1) is 15.1. The molecule has 4 heterocycles. The summed E-state index contributed by atoms with van der Waals surface area (Å²) in [4.78, 5) is 28.2. The number of likely N-dealkylation sites (tertiary alicyclic amines) is 2. The van der Waals surface area contributed by atoms with Gasteiger partial charge in [-0.2, -0.15) is 10.2 Å². The molecule has 1 amide bonds. The van der Waals surface area contributed by atoms with Crippen molar-refractivity contribution in [2.75, 3.05) is 33.2 Å². The number of carbonyl (C=O) groups is 1. The lowest BCUT2D eigenvalue weighted by molar-refractivity contribution is 0.0293. The van der Waals surface area contributed by atoms with E-state index in [9.17, 15) is 9.59 Å². The fraction of sp³-hybridized carbons (Fsp3) is 0.500. The van der Waals surface area contributed by atoms with E-state index in [1.807, 2.05) is 11.8 Å². The highest BCUT2D eigenvalue weighted by Gasteiger charge is 2.47. The van der Waals surface area contributed by atoms with Gasteiger partial charge >= 0.3 is 0 Å². The maximum absolute atomic E-state index is 12.9. The van der Waals surface area contributed by atoms with E-state index >= 15 is 0 Å². The van der Waals surface area contributed by atoms with Gasteiger partial charge in [-0.1, -0.05) is 0 Å². The number of aromatic amines is 1. The molecule has 2 fully saturated rings. The summed E-state index contributed by atoms with van der Waals surface area (Å²) < 4.78 is 1.58. The average molecular weight is 328 g/mol. The first-order valence-electron chi connectivity index (χ1n) is 8.06. The fourth-order valence-electron chi connectivity index (χ4n) is 3.94. The van der Waals surface area contributed by atoms with E-state index in [0.29, 0.717) is 11.4 Å². The van der Waals surface area contributed by atoms with Gasteiger partial charge in [0.25, 0.3) is 11.5 Å². The molecule has 1 N–H and O–H groups in total. The molecule has 0 aromatic carbocycles. The third-order valence-corrected chi connectivity index (χ3v) is 5.06. The second kappa shape index (κ2) is 5.27. The molecule has 8 heteroatoms. The summed E-state index contributed by atoms with van der Waals surface area (Å²) in [5.41, 5.74) is 1.33. The molecular formula is C16H20N6O2. The SMILES string of the molecule is Cc1c(C(=O)N2CCC3(CN(C)C3)C2)cnn1-c1ccc(=O)[nH]n1. The summed E-state index contributed by atoms with van der Waals surface area (Å²) in [6, 6.07) is 2.98. The molecule has 0 atom stereocenters. The van der Waals surface area contributed by atoms with Crippen molar-refractivity contribution in [3.8, 4) is 5.82 Å². The highest BCUT2D eigenvalue weighted by atomic mass is 16.2. The zero-order valence-electron chi connectivity index (χ0n) is 13.8. The third-order valence-electron chi connectivity index (χ3n) is 5.06. The van der Waals surface area contributed by atoms with Gasteiger partial charge in [-0.15, -0.1) is 0 Å². The van der Waals surface area contributed by atoms with Crippen LogP contribution in [0, 0.1) is 12.3 Å². The van der Waals surface area contributed by atoms with E-state index in [0.717, 1.165) is 38.3 Å². The van der Waals surface area contributed by atoms with Crippen LogP contribution >= 0.6 is 0 Å². The maximum Gasteiger partial charge on any atom is 0.264 e. The van der Waals surface area contributed by atoms with Crippen LogP contribution in [0.5, 0.6) is 0 Å². The Morgan fingerprint density at radius 2 is 2.08 bits per heavy atom. The maximum atomic E-state index is 12.9. The summed E-state index contributed by atoms with van der Waals surface area (Å²) in [6.07, 6.45) is 2.65. The van der Waals surface area contributed by atoms with E-state index in [1.165, 1.54) is 6.07 Å². The zero-order valence-corrected chi connectivity index (χ0v) is 13.8. The molecule has 0 unspecified atom stereocenters. The molecule has 2 aromatic heterocycles. The third kappa shape index (κ3) is 2.34. The molecule has 2 aromatic rings. The summed E-state index contributed by atoms with van der Waals surface area (Å²) in [7, 11) is 2.11. The molecule has 2 saturated heterocycles. The number of carbonyl (C=O) groups excluding carboxylic acids is 1. The Kier molecular flexibility index (Phi) is 3.31. The van der Waals surface area contributed by atoms with Gasteiger partial charge in [0.2, 0.25) is 0 Å². The Hall–Kier alpha value is -2.48. The number of hydrogen-bond donors (Lipinski definition) is 1. The second-order valence-corrected chi connectivity index (χ2v) is 6.98. The topological polar surface area (TPSA) is 87.1 Å². The van der Waals surface area contributed by atoms with Crippen molar-refractivity contribution < 1.29 is 4.79 Å². The Labute approximate surface area is 139 Å². The number of nitrogens with zero attached hydrogens (tertiary/aromatic N) is 5. The van der Waals surface area contributed by atoms with Crippen LogP contribution in [0.25, 0.3) is 5.82 Å². The van der Waals surface area contributed by atoms with E-state index in [4.69, 9.17) is 0 Å². The Balaban J connectivity index is 1.56. The number of hydrogen-bond acceptors (Lipinski definition) is 5. The lowest BCUT2D eigenvalue weighted by Crippen LogP contribution is -2.55. The summed E-state index contributed by atoms with van der Waals surface area (Å²) >= 11 is 0. The largest absolute Gasteiger partial charge is 0.338 e. The number of rotatable bonds is 2. The Morgan fingerprint density at radius 3 is 2.75 bits per heavy atom. The molecule has 0 saturated carbocycles. The van der Waals surface area contributed by atoms with Crippen LogP contribution < -0.4 is 5.56 Å². The van der Waals surface area contributed by atoms with Gasteiger partial charge in [-0.05, 0) is 26.5 Å². The van der Waals surface area contributed by atoms with E-state index in [-0.39, 0.29) is 16.9 Å². The zero-order chi connectivity index (χ0) is 16.9. The van der Waals surface area contributed by atoms with Crippen molar-refractivity contribution in [1.29, 1.82) is 0 Å². The second-order valence-electron chi connectivity index (χ2n) is 6.98. The average Bonchev–Trinajstić information content (AvgIpc) is 3.12. The van der Waals surface area contributed by atoms with Crippen LogP contribution in [0.3, 0.4) is 0 Å². The Morgan fingerprint density at radius 1 is 1.29 bits per heavy atom. The van der Waals surface area contributed by atoms with Crippen molar-refractivity contribution in [2.24, 2.45) is 5.41 Å². The van der Waals surface area contributed by atoms with Crippen molar-refractivity contribution in [3.63, 3.8) is 0 Å². The van der Waals surface area contributed by atoms with Gasteiger partial charge in [0.05, 0.1) is 17.5 Å². The molecule has 0 bridgehead atoms. The lowest BCUT2D eigenvalue weighted by Gasteiger charge is -2.46. The van der Waals surface area contributed by atoms with Gasteiger partial charge in [0.1, 0.15) is 0 Å². The van der Waals surface area contributed by atoms with Crippen LogP contribution in [0.1, 0.15) is 22.5 Å². The van der Waals surface area contributed by atoms with Crippen molar-refractivity contribution in [1.82, 2.24) is 29.8 Å². The standard InChI is InChI=1S/C16H20N6O2/c1-11-12(7-17-22(11)13-3-4-14(23)19-18-13)15(24)21-6-5-16(10-21)8-20(2)9-16/h3-4,7H,5-6,8-10H2,1-2H3,(H,19,23). The highest BCUT2D eigenvalue weighted by molar-refractivity contribution is 5.95. The molecule has 0 radical (unpaired) electrons. The van der Waals surface area contributed by atoms with Gasteiger partial charge in [-0.25, -0.2) is 9.78 Å². The van der Waals surface area contributed by atoms with Crippen LogP contribution in [0.15, 0.2) is 23.1 Å². The normalized spacial score (nSPS) is 19.7. The Bertz CT molecular complexity index is 828. The lowest BCUT2D eigenvalue weighted by atomic mass is 9.79. The van der Waals surface area contributed by atoms with Crippen molar-refractivity contribution in [3.05, 3.63) is 39.9 Å². The quantitative estimate of drug-likeness (QED) is 0.841.